The molecule has 0 aliphatic heterocycles. The van der Waals surface area contributed by atoms with Crippen molar-refractivity contribution in [3.8, 4) is 6.07 Å². The van der Waals surface area contributed by atoms with Gasteiger partial charge in [0.05, 0.1) is 18.7 Å². The second-order valence-corrected chi connectivity index (χ2v) is 5.93. The lowest BCUT2D eigenvalue weighted by molar-refractivity contribution is -0.139. The smallest absolute Gasteiger partial charge is 0.325 e. The summed E-state index contributed by atoms with van der Waals surface area (Å²) >= 11 is 0. The number of hydrogen-bond acceptors (Lipinski definition) is 5. The minimum atomic E-state index is -3.80. The molecule has 1 aromatic rings. The van der Waals surface area contributed by atoms with Crippen molar-refractivity contribution < 1.29 is 17.9 Å². The molecule has 0 fully saturated rings. The highest BCUT2D eigenvalue weighted by Gasteiger charge is 2.28. The van der Waals surface area contributed by atoms with Crippen LogP contribution in [0.4, 0.5) is 0 Å². The normalized spacial score (nSPS) is 12.5. The standard InChI is InChI=1S/C12H14N2O4S/c1-9(12(15)18-2)19(16,17)14-8-11-5-3-4-10(6-11)7-13/h3-6,9,14H,8H2,1-2H3. The van der Waals surface area contributed by atoms with E-state index in [9.17, 15) is 13.2 Å². The Morgan fingerprint density at radius 3 is 2.79 bits per heavy atom. The summed E-state index contributed by atoms with van der Waals surface area (Å²) in [4.78, 5) is 11.2. The van der Waals surface area contributed by atoms with Crippen LogP contribution in [0.3, 0.4) is 0 Å². The third-order valence-electron chi connectivity index (χ3n) is 2.53. The van der Waals surface area contributed by atoms with Crippen LogP contribution in [0, 0.1) is 11.3 Å². The number of benzene rings is 1. The first kappa shape index (κ1) is 15.1. The molecule has 1 rings (SSSR count). The van der Waals surface area contributed by atoms with E-state index in [4.69, 9.17) is 5.26 Å². The van der Waals surface area contributed by atoms with Crippen LogP contribution in [-0.4, -0.2) is 26.7 Å². The number of sulfonamides is 1. The molecule has 7 heteroatoms. The van der Waals surface area contributed by atoms with Gasteiger partial charge in [0.15, 0.2) is 5.25 Å². The molecule has 0 aliphatic rings. The summed E-state index contributed by atoms with van der Waals surface area (Å²) in [6.45, 7) is 1.26. The number of nitriles is 1. The van der Waals surface area contributed by atoms with Gasteiger partial charge >= 0.3 is 5.97 Å². The topological polar surface area (TPSA) is 96.3 Å². The maximum atomic E-state index is 11.8. The van der Waals surface area contributed by atoms with E-state index >= 15 is 0 Å². The maximum Gasteiger partial charge on any atom is 0.325 e. The Labute approximate surface area is 112 Å². The molecule has 0 spiro atoms. The lowest BCUT2D eigenvalue weighted by atomic mass is 10.1. The molecule has 6 nitrogen and oxygen atoms in total. The first-order valence-corrected chi connectivity index (χ1v) is 7.00. The Bertz CT molecular complexity index is 604. The molecular formula is C12H14N2O4S. The van der Waals surface area contributed by atoms with Crippen LogP contribution >= 0.6 is 0 Å². The van der Waals surface area contributed by atoms with Gasteiger partial charge in [-0.05, 0) is 24.6 Å². The summed E-state index contributed by atoms with van der Waals surface area (Å²) in [6, 6.07) is 8.50. The summed E-state index contributed by atoms with van der Waals surface area (Å²) < 4.78 is 30.3. The van der Waals surface area contributed by atoms with E-state index in [-0.39, 0.29) is 6.54 Å². The molecule has 0 radical (unpaired) electrons. The monoisotopic (exact) mass is 282 g/mol. The van der Waals surface area contributed by atoms with Crippen LogP contribution in [0.5, 0.6) is 0 Å². The van der Waals surface area contributed by atoms with Crippen molar-refractivity contribution in [3.05, 3.63) is 35.4 Å². The number of ether oxygens (including phenoxy) is 1. The Hall–Kier alpha value is -1.91. The zero-order valence-corrected chi connectivity index (χ0v) is 11.4. The lowest BCUT2D eigenvalue weighted by Gasteiger charge is -2.12. The van der Waals surface area contributed by atoms with Crippen LogP contribution in [-0.2, 0) is 26.1 Å². The third kappa shape index (κ3) is 4.05. The van der Waals surface area contributed by atoms with Crippen molar-refractivity contribution >= 4 is 16.0 Å². The summed E-state index contributed by atoms with van der Waals surface area (Å²) in [6.07, 6.45) is 0. The quantitative estimate of drug-likeness (QED) is 0.795. The molecule has 0 amide bonds. The van der Waals surface area contributed by atoms with E-state index in [1.165, 1.54) is 6.92 Å². The number of nitrogens with one attached hydrogen (secondary N) is 1. The summed E-state index contributed by atoms with van der Waals surface area (Å²) in [5, 5.41) is 7.45. The van der Waals surface area contributed by atoms with Crippen LogP contribution in [0.15, 0.2) is 24.3 Å². The molecule has 0 saturated heterocycles. The van der Waals surface area contributed by atoms with E-state index in [0.29, 0.717) is 11.1 Å². The highest BCUT2D eigenvalue weighted by atomic mass is 32.2. The van der Waals surface area contributed by atoms with Crippen LogP contribution < -0.4 is 4.72 Å². The molecule has 0 bridgehead atoms. The second-order valence-electron chi connectivity index (χ2n) is 3.84. The molecule has 19 heavy (non-hydrogen) atoms. The van der Waals surface area contributed by atoms with Gasteiger partial charge in [0, 0.05) is 6.54 Å². The molecule has 1 N–H and O–H groups in total. The summed E-state index contributed by atoms with van der Waals surface area (Å²) in [5.41, 5.74) is 1.08. The van der Waals surface area contributed by atoms with Crippen molar-refractivity contribution in [1.29, 1.82) is 5.26 Å². The summed E-state index contributed by atoms with van der Waals surface area (Å²) in [7, 11) is -2.67. The molecule has 1 unspecified atom stereocenters. The number of nitrogens with zero attached hydrogens (tertiary/aromatic N) is 1. The number of methoxy groups -OCH3 is 1. The number of esters is 1. The van der Waals surface area contributed by atoms with Gasteiger partial charge in [0.2, 0.25) is 10.0 Å². The van der Waals surface area contributed by atoms with Gasteiger partial charge in [-0.3, -0.25) is 4.79 Å². The fraction of sp³-hybridized carbons (Fsp3) is 0.333. The van der Waals surface area contributed by atoms with Gasteiger partial charge in [0.1, 0.15) is 0 Å². The van der Waals surface area contributed by atoms with Crippen molar-refractivity contribution in [2.45, 2.75) is 18.7 Å². The number of carbonyl (C=O) groups excluding carboxylic acids is 1. The van der Waals surface area contributed by atoms with Crippen LogP contribution in [0.2, 0.25) is 0 Å². The second kappa shape index (κ2) is 6.31. The van der Waals surface area contributed by atoms with Crippen molar-refractivity contribution in [2.24, 2.45) is 0 Å². The number of rotatable bonds is 5. The fourth-order valence-electron chi connectivity index (χ4n) is 1.35. The Kier molecular flexibility index (Phi) is 5.03. The molecule has 1 atom stereocenters. The van der Waals surface area contributed by atoms with Crippen LogP contribution in [0.25, 0.3) is 0 Å². The number of hydrogen-bond donors (Lipinski definition) is 1. The van der Waals surface area contributed by atoms with Gasteiger partial charge in [-0.15, -0.1) is 0 Å². The first-order valence-electron chi connectivity index (χ1n) is 5.46. The zero-order chi connectivity index (χ0) is 14.5. The minimum absolute atomic E-state index is 0.0131. The SMILES string of the molecule is COC(=O)C(C)S(=O)(=O)NCc1cccc(C#N)c1. The van der Waals surface area contributed by atoms with Crippen molar-refractivity contribution in [2.75, 3.05) is 7.11 Å². The Balaban J connectivity index is 2.75. The number of carbonyl (C=O) groups is 1. The van der Waals surface area contributed by atoms with E-state index in [1.54, 1.807) is 24.3 Å². The molecule has 0 heterocycles. The van der Waals surface area contributed by atoms with Gasteiger partial charge in [-0.25, -0.2) is 13.1 Å². The molecule has 0 aromatic heterocycles. The van der Waals surface area contributed by atoms with E-state index in [0.717, 1.165) is 7.11 Å². The fourth-order valence-corrected chi connectivity index (χ4v) is 2.32. The first-order chi connectivity index (χ1) is 8.90. The summed E-state index contributed by atoms with van der Waals surface area (Å²) in [5.74, 6) is -0.821. The largest absolute Gasteiger partial charge is 0.468 e. The molecular weight excluding hydrogens is 268 g/mol. The highest BCUT2D eigenvalue weighted by Crippen LogP contribution is 2.06. The molecule has 1 aromatic carbocycles. The third-order valence-corrected chi connectivity index (χ3v) is 4.20. The predicted molar refractivity (Wildman–Crippen MR) is 68.4 cm³/mol. The van der Waals surface area contributed by atoms with Gasteiger partial charge in [0.25, 0.3) is 0 Å². The van der Waals surface area contributed by atoms with E-state index in [1.807, 2.05) is 6.07 Å². The minimum Gasteiger partial charge on any atom is -0.468 e. The van der Waals surface area contributed by atoms with Gasteiger partial charge in [-0.2, -0.15) is 5.26 Å². The van der Waals surface area contributed by atoms with Crippen molar-refractivity contribution in [1.82, 2.24) is 4.72 Å². The predicted octanol–water partition coefficient (Wildman–Crippen LogP) is 0.539. The van der Waals surface area contributed by atoms with Gasteiger partial charge < -0.3 is 4.74 Å². The molecule has 0 aliphatic carbocycles. The van der Waals surface area contributed by atoms with Crippen molar-refractivity contribution in [3.63, 3.8) is 0 Å². The maximum absolute atomic E-state index is 11.8. The molecule has 102 valence electrons. The Morgan fingerprint density at radius 2 is 2.21 bits per heavy atom. The Morgan fingerprint density at radius 1 is 1.53 bits per heavy atom. The van der Waals surface area contributed by atoms with E-state index in [2.05, 4.69) is 9.46 Å². The van der Waals surface area contributed by atoms with Crippen LogP contribution in [0.1, 0.15) is 18.1 Å². The zero-order valence-electron chi connectivity index (χ0n) is 10.6. The molecule has 0 saturated carbocycles. The van der Waals surface area contributed by atoms with Gasteiger partial charge in [-0.1, -0.05) is 12.1 Å². The average Bonchev–Trinajstić information content (AvgIpc) is 2.43. The van der Waals surface area contributed by atoms with E-state index < -0.39 is 21.2 Å². The average molecular weight is 282 g/mol. The lowest BCUT2D eigenvalue weighted by Crippen LogP contribution is -2.37. The highest BCUT2D eigenvalue weighted by molar-refractivity contribution is 7.90.